The normalized spacial score (nSPS) is 12.8. The van der Waals surface area contributed by atoms with Crippen LogP contribution >= 0.6 is 33.2 Å². The number of rotatable bonds is 17. The molecule has 0 heterocycles. The van der Waals surface area contributed by atoms with E-state index in [0.717, 1.165) is 25.3 Å². The van der Waals surface area contributed by atoms with Gasteiger partial charge in [-0.25, -0.2) is 4.79 Å². The number of ether oxygens (including phenoxy) is 1. The Labute approximate surface area is 169 Å². The minimum atomic E-state index is -2.38. The van der Waals surface area contributed by atoms with E-state index in [4.69, 9.17) is 38.0 Å². The van der Waals surface area contributed by atoms with E-state index < -0.39 is 6.00 Å². The van der Waals surface area contributed by atoms with Gasteiger partial charge in [0, 0.05) is 6.08 Å². The summed E-state index contributed by atoms with van der Waals surface area (Å²) in [6, 6.07) is -1.58. The maximum absolute atomic E-state index is 11.0. The van der Waals surface area contributed by atoms with E-state index in [-0.39, 0.29) is 12.1 Å². The predicted molar refractivity (Wildman–Crippen MR) is 114 cm³/mol. The summed E-state index contributed by atoms with van der Waals surface area (Å²) < 4.78 is 5.15. The van der Waals surface area contributed by atoms with Gasteiger partial charge in [-0.1, -0.05) is 77.2 Å². The summed E-state index contributed by atoms with van der Waals surface area (Å²) in [5.41, 5.74) is 0. The molecule has 0 bridgehead atoms. The van der Waals surface area contributed by atoms with Gasteiger partial charge in [0.1, 0.15) is 0 Å². The standard InChI is InChI=1S/C19H35Cl3O2Si/c1-3-19(23)24-18(2)16-14-12-10-8-6-4-5-7-9-11-13-15-17-25(20,21)22/h3,18H,1,4-17H2,2H3. The van der Waals surface area contributed by atoms with Gasteiger partial charge in [-0.05, 0) is 25.8 Å². The first-order valence-electron chi connectivity index (χ1n) is 9.75. The highest BCUT2D eigenvalue weighted by Crippen LogP contribution is 2.27. The van der Waals surface area contributed by atoms with Crippen molar-refractivity contribution in [3.63, 3.8) is 0 Å². The van der Waals surface area contributed by atoms with Gasteiger partial charge < -0.3 is 4.74 Å². The van der Waals surface area contributed by atoms with Crippen molar-refractivity contribution in [2.24, 2.45) is 0 Å². The highest BCUT2D eigenvalue weighted by atomic mass is 35.8. The summed E-state index contributed by atoms with van der Waals surface area (Å²) in [6.45, 7) is 5.35. The van der Waals surface area contributed by atoms with Crippen LogP contribution in [0.1, 0.15) is 90.4 Å². The number of hydrogen-bond donors (Lipinski definition) is 0. The van der Waals surface area contributed by atoms with Crippen molar-refractivity contribution in [3.8, 4) is 0 Å². The molecule has 0 spiro atoms. The van der Waals surface area contributed by atoms with Crippen molar-refractivity contribution in [2.75, 3.05) is 0 Å². The predicted octanol–water partition coefficient (Wildman–Crippen LogP) is 7.83. The van der Waals surface area contributed by atoms with E-state index in [2.05, 4.69) is 6.58 Å². The highest BCUT2D eigenvalue weighted by molar-refractivity contribution is 7.64. The molecule has 6 heteroatoms. The molecular weight excluding hydrogens is 395 g/mol. The van der Waals surface area contributed by atoms with E-state index in [1.165, 1.54) is 70.3 Å². The van der Waals surface area contributed by atoms with Crippen molar-refractivity contribution in [1.82, 2.24) is 0 Å². The summed E-state index contributed by atoms with van der Waals surface area (Å²) in [5, 5.41) is 0. The SMILES string of the molecule is C=CC(=O)OC(C)CCCCCCCCCCCCCC[Si](Cl)(Cl)Cl. The number of carbonyl (C=O) groups excluding carboxylic acids is 1. The lowest BCUT2D eigenvalue weighted by molar-refractivity contribution is -0.142. The lowest BCUT2D eigenvalue weighted by Crippen LogP contribution is -2.12. The van der Waals surface area contributed by atoms with Crippen molar-refractivity contribution >= 4 is 45.2 Å². The van der Waals surface area contributed by atoms with Gasteiger partial charge in [-0.15, -0.1) is 33.2 Å². The quantitative estimate of drug-likeness (QED) is 0.0773. The molecule has 0 aliphatic heterocycles. The van der Waals surface area contributed by atoms with E-state index in [1.54, 1.807) is 0 Å². The fourth-order valence-electron chi connectivity index (χ4n) is 2.83. The molecular formula is C19H35Cl3O2Si. The summed E-state index contributed by atoms with van der Waals surface area (Å²) >= 11 is 17.6. The first-order valence-corrected chi connectivity index (χ1v) is 15.0. The number of carbonyl (C=O) groups is 1. The fraction of sp³-hybridized carbons (Fsp3) is 0.842. The number of esters is 1. The Morgan fingerprint density at radius 2 is 1.28 bits per heavy atom. The third-order valence-electron chi connectivity index (χ3n) is 4.30. The zero-order valence-corrected chi connectivity index (χ0v) is 19.0. The Bertz CT molecular complexity index is 346. The van der Waals surface area contributed by atoms with Gasteiger partial charge in [0.05, 0.1) is 6.10 Å². The smallest absolute Gasteiger partial charge is 0.341 e. The van der Waals surface area contributed by atoms with Crippen LogP contribution < -0.4 is 0 Å². The second-order valence-corrected chi connectivity index (χ2v) is 16.1. The molecule has 0 N–H and O–H groups in total. The third kappa shape index (κ3) is 20.5. The van der Waals surface area contributed by atoms with Gasteiger partial charge in [-0.2, -0.15) is 0 Å². The molecule has 0 aromatic carbocycles. The van der Waals surface area contributed by atoms with Crippen molar-refractivity contribution < 1.29 is 9.53 Å². The molecule has 2 nitrogen and oxygen atoms in total. The molecule has 148 valence electrons. The molecule has 0 aromatic rings. The average Bonchev–Trinajstić information content (AvgIpc) is 2.53. The molecule has 0 rings (SSSR count). The van der Waals surface area contributed by atoms with Crippen LogP contribution in [0, 0.1) is 0 Å². The minimum absolute atomic E-state index is 0.00238. The number of halogens is 3. The van der Waals surface area contributed by atoms with E-state index in [9.17, 15) is 4.79 Å². The van der Waals surface area contributed by atoms with Gasteiger partial charge >= 0.3 is 12.0 Å². The summed E-state index contributed by atoms with van der Waals surface area (Å²) in [4.78, 5) is 11.0. The zero-order valence-electron chi connectivity index (χ0n) is 15.7. The molecule has 0 aromatic heterocycles. The largest absolute Gasteiger partial charge is 0.460 e. The third-order valence-corrected chi connectivity index (χ3v) is 6.93. The molecule has 0 aliphatic rings. The minimum Gasteiger partial charge on any atom is -0.460 e. The second-order valence-electron chi connectivity index (χ2n) is 6.85. The van der Waals surface area contributed by atoms with E-state index >= 15 is 0 Å². The van der Waals surface area contributed by atoms with E-state index in [0.29, 0.717) is 0 Å². The summed E-state index contributed by atoms with van der Waals surface area (Å²) in [6.07, 6.45) is 17.3. The van der Waals surface area contributed by atoms with Crippen LogP contribution in [-0.2, 0) is 9.53 Å². The zero-order chi connectivity index (χ0) is 19.0. The molecule has 0 saturated carbocycles. The maximum Gasteiger partial charge on any atom is 0.341 e. The van der Waals surface area contributed by atoms with Gasteiger partial charge in [-0.3, -0.25) is 0 Å². The molecule has 0 saturated heterocycles. The van der Waals surface area contributed by atoms with Crippen molar-refractivity contribution in [3.05, 3.63) is 12.7 Å². The van der Waals surface area contributed by atoms with Crippen molar-refractivity contribution in [2.45, 2.75) is 103 Å². The first kappa shape index (κ1) is 25.3. The van der Waals surface area contributed by atoms with Crippen LogP contribution in [0.15, 0.2) is 12.7 Å². The van der Waals surface area contributed by atoms with E-state index in [1.807, 2.05) is 6.92 Å². The van der Waals surface area contributed by atoms with Crippen LogP contribution in [-0.4, -0.2) is 18.1 Å². The van der Waals surface area contributed by atoms with Crippen LogP contribution in [0.5, 0.6) is 0 Å². The second kappa shape index (κ2) is 16.5. The monoisotopic (exact) mass is 428 g/mol. The van der Waals surface area contributed by atoms with Gasteiger partial charge in [0.25, 0.3) is 0 Å². The lowest BCUT2D eigenvalue weighted by Gasteiger charge is -2.11. The van der Waals surface area contributed by atoms with Gasteiger partial charge in [0.2, 0.25) is 0 Å². The topological polar surface area (TPSA) is 26.3 Å². The maximum atomic E-state index is 11.0. The highest BCUT2D eigenvalue weighted by Gasteiger charge is 2.23. The fourth-order valence-corrected chi connectivity index (χ4v) is 4.68. The lowest BCUT2D eigenvalue weighted by atomic mass is 10.0. The Hall–Kier alpha value is 0.297. The summed E-state index contributed by atoms with van der Waals surface area (Å²) in [7, 11) is 0. The van der Waals surface area contributed by atoms with Crippen LogP contribution in [0.4, 0.5) is 0 Å². The molecule has 0 amide bonds. The number of hydrogen-bond acceptors (Lipinski definition) is 2. The Balaban J connectivity index is 3.19. The Morgan fingerprint density at radius 3 is 1.68 bits per heavy atom. The Morgan fingerprint density at radius 1 is 0.880 bits per heavy atom. The van der Waals surface area contributed by atoms with Crippen LogP contribution in [0.25, 0.3) is 0 Å². The molecule has 0 aliphatic carbocycles. The molecule has 1 unspecified atom stereocenters. The average molecular weight is 430 g/mol. The summed E-state index contributed by atoms with van der Waals surface area (Å²) in [5.74, 6) is -0.320. The number of unbranched alkanes of at least 4 members (excludes halogenated alkanes) is 11. The first-order chi connectivity index (χ1) is 11.8. The molecule has 0 radical (unpaired) electrons. The van der Waals surface area contributed by atoms with Crippen LogP contribution in [0.2, 0.25) is 6.04 Å². The Kier molecular flexibility index (Phi) is 16.7. The molecule has 0 fully saturated rings. The molecule has 1 atom stereocenters. The van der Waals surface area contributed by atoms with Gasteiger partial charge in [0.15, 0.2) is 0 Å². The van der Waals surface area contributed by atoms with Crippen LogP contribution in [0.3, 0.4) is 0 Å². The molecule has 25 heavy (non-hydrogen) atoms. The van der Waals surface area contributed by atoms with Crippen molar-refractivity contribution in [1.29, 1.82) is 0 Å².